The third-order valence-electron chi connectivity index (χ3n) is 10.0. The van der Waals surface area contributed by atoms with Crippen LogP contribution in [0.5, 0.6) is 0 Å². The minimum Gasteiger partial charge on any atom is -0.455 e. The van der Waals surface area contributed by atoms with Crippen molar-refractivity contribution in [3.63, 3.8) is 0 Å². The van der Waals surface area contributed by atoms with Gasteiger partial charge in [-0.1, -0.05) is 30.3 Å². The normalized spacial score (nSPS) is 23.1. The maximum absolute atomic E-state index is 14.0. The van der Waals surface area contributed by atoms with Crippen molar-refractivity contribution in [1.82, 2.24) is 39.7 Å². The second kappa shape index (κ2) is 22.2. The summed E-state index contributed by atoms with van der Waals surface area (Å²) in [4.78, 5) is 97.4. The van der Waals surface area contributed by atoms with E-state index < -0.39 is 107 Å². The van der Waals surface area contributed by atoms with Gasteiger partial charge < -0.3 is 65.6 Å². The topological polar surface area (TPSA) is 395 Å². The van der Waals surface area contributed by atoms with E-state index in [9.17, 15) is 48.1 Å². The van der Waals surface area contributed by atoms with E-state index in [1.54, 1.807) is 45.0 Å². The lowest BCUT2D eigenvalue weighted by Gasteiger charge is -2.26. The summed E-state index contributed by atoms with van der Waals surface area (Å²) < 4.78 is 70.9. The van der Waals surface area contributed by atoms with Gasteiger partial charge in [0, 0.05) is 19.2 Å². The number of hydrogen-bond acceptors (Lipinski definition) is 21. The van der Waals surface area contributed by atoms with Crippen molar-refractivity contribution in [2.24, 2.45) is 0 Å². The van der Waals surface area contributed by atoms with Crippen LogP contribution >= 0.6 is 15.6 Å². The number of ether oxygens (including phenoxy) is 5. The van der Waals surface area contributed by atoms with Crippen molar-refractivity contribution >= 4 is 56.6 Å². The fourth-order valence-corrected chi connectivity index (χ4v) is 8.26. The number of rotatable bonds is 20. The number of fused-ring (bicyclic) bond motifs is 1. The number of carbonyl (C=O) groups excluding carboxylic acids is 3. The number of alkyl carbamates (subject to hydrolysis) is 2. The third-order valence-corrected chi connectivity index (χ3v) is 11.5. The first-order valence-corrected chi connectivity index (χ1v) is 23.9. The Kier molecular flexibility index (Phi) is 16.9. The van der Waals surface area contributed by atoms with Crippen LogP contribution in [0.3, 0.4) is 0 Å². The van der Waals surface area contributed by atoms with Gasteiger partial charge in [0.05, 0.1) is 19.5 Å². The Bertz CT molecular complexity index is 2540. The minimum absolute atomic E-state index is 0.0158. The summed E-state index contributed by atoms with van der Waals surface area (Å²) in [5.74, 6) is -1.23. The third kappa shape index (κ3) is 14.4. The van der Waals surface area contributed by atoms with Crippen LogP contribution in [0.15, 0.2) is 60.0 Å². The second-order valence-corrected chi connectivity index (χ2v) is 19.0. The number of hydrogen-bond donors (Lipinski definition) is 8. The standard InChI is InChI=1S/C38H52N10O18P2/c1-38(2,3)65-37(53)45-22(11-7-8-13-41-36(52)59-16-21-9-5-4-6-10-21)34(50)64-30-25(63-33(29(30)49)48-20-44-28-31(40)42-19-43-32(28)48)18-61-68(57,58)66-23-15-27(47-14-12-26(39)46-35(47)51)62-24(23)17-60-67(54,55)56/h4-6,9-10,12,14,19-20,22-25,27,29-30,33,49H,7-8,11,13,15-18H2,1-3H3,(H,41,52)(H,45,53)(H,57,58)(H2,39,46,51)(H2,40,42,43)(H2,54,55,56)/t22-,23-,24+,25+,27+,29+,30+,33?/m0/s1. The molecule has 0 radical (unpaired) electrons. The number of nitrogen functional groups attached to an aromatic ring is 2. The number of phosphoric acid groups is 2. The number of aliphatic hydroxyl groups excluding tert-OH is 1. The van der Waals surface area contributed by atoms with Crippen LogP contribution in [0.25, 0.3) is 11.2 Å². The molecule has 1 aromatic carbocycles. The number of unbranched alkanes of at least 4 members (excludes halogenated alkanes) is 1. The quantitative estimate of drug-likeness (QED) is 0.0268. The number of phosphoric ester groups is 2. The molecule has 9 atom stereocenters. The molecule has 28 nitrogen and oxygen atoms in total. The number of aromatic nitrogens is 6. The van der Waals surface area contributed by atoms with E-state index in [2.05, 4.69) is 35.1 Å². The highest BCUT2D eigenvalue weighted by atomic mass is 31.2. The molecular formula is C38H52N10O18P2. The lowest BCUT2D eigenvalue weighted by molar-refractivity contribution is -0.159. The monoisotopic (exact) mass is 998 g/mol. The summed E-state index contributed by atoms with van der Waals surface area (Å²) in [5, 5.41) is 16.8. The molecule has 10 N–H and O–H groups in total. The Hall–Kier alpha value is -5.64. The first-order valence-electron chi connectivity index (χ1n) is 20.8. The van der Waals surface area contributed by atoms with E-state index >= 15 is 0 Å². The predicted molar refractivity (Wildman–Crippen MR) is 231 cm³/mol. The molecule has 2 unspecified atom stereocenters. The summed E-state index contributed by atoms with van der Waals surface area (Å²) in [5.41, 5.74) is 10.7. The van der Waals surface area contributed by atoms with Gasteiger partial charge in [-0.05, 0) is 51.7 Å². The molecular weight excluding hydrogens is 946 g/mol. The Morgan fingerprint density at radius 1 is 0.956 bits per heavy atom. The average Bonchev–Trinajstić information content (AvgIpc) is 3.95. The number of benzene rings is 1. The highest BCUT2D eigenvalue weighted by Gasteiger charge is 2.50. The van der Waals surface area contributed by atoms with Gasteiger partial charge in [-0.25, -0.2) is 43.3 Å². The Morgan fingerprint density at radius 3 is 2.40 bits per heavy atom. The van der Waals surface area contributed by atoms with Crippen LogP contribution in [-0.2, 0) is 57.8 Å². The molecule has 0 spiro atoms. The SMILES string of the molecule is CC(C)(C)OC(=O)N[C@@H](CCCCNC(=O)OCc1ccccc1)C(=O)O[C@@H]1[C@@H](COP(=O)(O)O[C@H]2C[C@H](n3ccc(N)nc3=O)O[C@@H]2COP(=O)(O)O)OC(n2cnc3c(N)ncnc32)[C@@H]1O. The van der Waals surface area contributed by atoms with Crippen molar-refractivity contribution in [3.05, 3.63) is 71.3 Å². The number of nitrogens with zero attached hydrogens (tertiary/aromatic N) is 6. The molecule has 2 amide bonds. The van der Waals surface area contributed by atoms with Crippen LogP contribution < -0.4 is 27.8 Å². The first-order chi connectivity index (χ1) is 32.1. The number of nitrogens with two attached hydrogens (primary N) is 2. The molecule has 3 aromatic heterocycles. The van der Waals surface area contributed by atoms with Crippen molar-refractivity contribution in [2.45, 2.75) is 108 Å². The number of aliphatic hydroxyl groups is 1. The van der Waals surface area contributed by atoms with Crippen molar-refractivity contribution in [2.75, 3.05) is 31.2 Å². The maximum atomic E-state index is 14.0. The zero-order valence-corrected chi connectivity index (χ0v) is 38.5. The number of amides is 2. The fraction of sp³-hybridized carbons (Fsp3) is 0.526. The van der Waals surface area contributed by atoms with Crippen LogP contribution in [0.4, 0.5) is 21.2 Å². The molecule has 30 heteroatoms. The molecule has 5 heterocycles. The number of nitrogens with one attached hydrogen (secondary N) is 2. The van der Waals surface area contributed by atoms with Crippen LogP contribution in [-0.4, -0.2) is 129 Å². The second-order valence-electron chi connectivity index (χ2n) is 16.3. The highest BCUT2D eigenvalue weighted by molar-refractivity contribution is 7.47. The maximum Gasteiger partial charge on any atom is 0.472 e. The van der Waals surface area contributed by atoms with Crippen molar-refractivity contribution in [1.29, 1.82) is 0 Å². The van der Waals surface area contributed by atoms with Crippen molar-refractivity contribution < 1.29 is 80.6 Å². The lowest BCUT2D eigenvalue weighted by atomic mass is 10.1. The van der Waals surface area contributed by atoms with Gasteiger partial charge in [0.1, 0.15) is 66.6 Å². The van der Waals surface area contributed by atoms with E-state index in [1.807, 2.05) is 6.07 Å². The van der Waals surface area contributed by atoms with E-state index in [0.717, 1.165) is 16.5 Å². The molecule has 68 heavy (non-hydrogen) atoms. The van der Waals surface area contributed by atoms with Gasteiger partial charge in [0.15, 0.2) is 23.8 Å². The van der Waals surface area contributed by atoms with Gasteiger partial charge in [0.2, 0.25) is 0 Å². The van der Waals surface area contributed by atoms with Crippen LogP contribution in [0, 0.1) is 0 Å². The zero-order chi connectivity index (χ0) is 49.4. The zero-order valence-electron chi connectivity index (χ0n) is 36.7. The molecule has 4 aromatic rings. The van der Waals surface area contributed by atoms with Gasteiger partial charge in [-0.15, -0.1) is 0 Å². The van der Waals surface area contributed by atoms with Gasteiger partial charge in [-0.3, -0.25) is 22.7 Å². The molecule has 372 valence electrons. The molecule has 2 fully saturated rings. The van der Waals surface area contributed by atoms with Gasteiger partial charge >= 0.3 is 39.5 Å². The predicted octanol–water partition coefficient (Wildman–Crippen LogP) is 1.31. The average molecular weight is 999 g/mol. The Balaban J connectivity index is 1.17. The summed E-state index contributed by atoms with van der Waals surface area (Å²) in [7, 11) is -10.4. The van der Waals surface area contributed by atoms with E-state index in [-0.39, 0.29) is 55.2 Å². The molecule has 6 rings (SSSR count). The Morgan fingerprint density at radius 2 is 1.69 bits per heavy atom. The molecule has 0 aliphatic carbocycles. The molecule has 2 saturated heterocycles. The summed E-state index contributed by atoms with van der Waals surface area (Å²) in [6.07, 6.45) is -8.74. The minimum atomic E-state index is -5.27. The largest absolute Gasteiger partial charge is 0.472 e. The molecule has 0 bridgehead atoms. The number of anilines is 2. The van der Waals surface area contributed by atoms with Crippen LogP contribution in [0.1, 0.15) is 64.5 Å². The molecule has 0 saturated carbocycles. The summed E-state index contributed by atoms with van der Waals surface area (Å²) in [6.45, 7) is 3.20. The Labute approximate surface area is 386 Å². The molecule has 2 aliphatic rings. The van der Waals surface area contributed by atoms with Gasteiger partial charge in [-0.2, -0.15) is 4.98 Å². The summed E-state index contributed by atoms with van der Waals surface area (Å²) in [6, 6.07) is 8.88. The van der Waals surface area contributed by atoms with Gasteiger partial charge in [0.25, 0.3) is 0 Å². The fourth-order valence-electron chi connectivity index (χ4n) is 6.96. The summed E-state index contributed by atoms with van der Waals surface area (Å²) >= 11 is 0. The number of carbonyl (C=O) groups is 3. The molecule has 2 aliphatic heterocycles. The number of imidazole rings is 1. The lowest BCUT2D eigenvalue weighted by Crippen LogP contribution is -2.47. The van der Waals surface area contributed by atoms with E-state index in [0.29, 0.717) is 6.42 Å². The number of esters is 1. The van der Waals surface area contributed by atoms with E-state index in [1.165, 1.54) is 23.2 Å². The highest BCUT2D eigenvalue weighted by Crippen LogP contribution is 2.50. The van der Waals surface area contributed by atoms with E-state index in [4.69, 9.17) is 44.2 Å². The van der Waals surface area contributed by atoms with Crippen LogP contribution in [0.2, 0.25) is 0 Å². The smallest absolute Gasteiger partial charge is 0.455 e. The first kappa shape index (κ1) is 51.7. The van der Waals surface area contributed by atoms with Crippen molar-refractivity contribution in [3.8, 4) is 0 Å².